The molecule has 0 bridgehead atoms. The van der Waals surface area contributed by atoms with E-state index in [2.05, 4.69) is 26.7 Å². The molecule has 128 valence electrons. The van der Waals surface area contributed by atoms with Crippen LogP contribution in [0.1, 0.15) is 5.56 Å². The van der Waals surface area contributed by atoms with E-state index in [9.17, 15) is 4.79 Å². The molecule has 1 atom stereocenters. The van der Waals surface area contributed by atoms with Gasteiger partial charge in [0.15, 0.2) is 0 Å². The third kappa shape index (κ3) is 3.87. The van der Waals surface area contributed by atoms with Gasteiger partial charge >= 0.3 is 0 Å². The maximum absolute atomic E-state index is 12.6. The molecule has 0 unspecified atom stereocenters. The average molecular weight is 353 g/mol. The lowest BCUT2D eigenvalue weighted by Crippen LogP contribution is -2.47. The molecule has 25 heavy (non-hydrogen) atoms. The van der Waals surface area contributed by atoms with E-state index in [1.165, 1.54) is 17.1 Å². The summed E-state index contributed by atoms with van der Waals surface area (Å²) in [6.45, 7) is 2.84. The lowest BCUT2D eigenvalue weighted by molar-refractivity contribution is -0.133. The summed E-state index contributed by atoms with van der Waals surface area (Å²) in [4.78, 5) is 14.8. The molecule has 1 fully saturated rings. The van der Waals surface area contributed by atoms with Gasteiger partial charge in [-0.25, -0.2) is 0 Å². The SMILES string of the molecule is O=C(Nc1ccc2sncc2c1)[C@H]1CN(Cc2ccccc2)CCO1. The highest BCUT2D eigenvalue weighted by Gasteiger charge is 2.26. The fourth-order valence-corrected chi connectivity index (χ4v) is 3.65. The van der Waals surface area contributed by atoms with Crippen molar-refractivity contribution in [3.63, 3.8) is 0 Å². The highest BCUT2D eigenvalue weighted by atomic mass is 32.1. The molecule has 1 aliphatic rings. The second-order valence-electron chi connectivity index (χ2n) is 6.15. The number of benzene rings is 2. The highest BCUT2D eigenvalue weighted by Crippen LogP contribution is 2.22. The van der Waals surface area contributed by atoms with Crippen LogP contribution >= 0.6 is 11.5 Å². The predicted octanol–water partition coefficient (Wildman–Crippen LogP) is 3.14. The Labute approximate surface area is 150 Å². The molecule has 4 rings (SSSR count). The molecule has 2 heterocycles. The summed E-state index contributed by atoms with van der Waals surface area (Å²) < 4.78 is 11.0. The van der Waals surface area contributed by atoms with Gasteiger partial charge in [-0.1, -0.05) is 30.3 Å². The monoisotopic (exact) mass is 353 g/mol. The maximum atomic E-state index is 12.6. The van der Waals surface area contributed by atoms with Crippen LogP contribution in [0.25, 0.3) is 10.1 Å². The van der Waals surface area contributed by atoms with Gasteiger partial charge in [0.25, 0.3) is 5.91 Å². The number of morpholine rings is 1. The minimum atomic E-state index is -0.450. The molecule has 0 aliphatic carbocycles. The molecular weight excluding hydrogens is 334 g/mol. The Balaban J connectivity index is 1.39. The molecule has 1 aromatic heterocycles. The van der Waals surface area contributed by atoms with Crippen molar-refractivity contribution in [2.75, 3.05) is 25.0 Å². The Bertz CT molecular complexity index is 865. The van der Waals surface area contributed by atoms with Crippen LogP contribution in [0.5, 0.6) is 0 Å². The van der Waals surface area contributed by atoms with E-state index in [4.69, 9.17) is 4.74 Å². The quantitative estimate of drug-likeness (QED) is 0.783. The molecule has 2 aromatic carbocycles. The van der Waals surface area contributed by atoms with Crippen molar-refractivity contribution in [1.82, 2.24) is 9.27 Å². The third-order valence-corrected chi connectivity index (χ3v) is 5.09. The molecule has 0 spiro atoms. The van der Waals surface area contributed by atoms with Crippen LogP contribution in [0.4, 0.5) is 5.69 Å². The summed E-state index contributed by atoms with van der Waals surface area (Å²) in [5.74, 6) is -0.0969. The van der Waals surface area contributed by atoms with E-state index in [0.717, 1.165) is 28.9 Å². The molecule has 3 aromatic rings. The number of aromatic nitrogens is 1. The van der Waals surface area contributed by atoms with Gasteiger partial charge in [-0.05, 0) is 35.3 Å². The molecule has 1 aliphatic heterocycles. The van der Waals surface area contributed by atoms with Crippen molar-refractivity contribution in [1.29, 1.82) is 0 Å². The molecular formula is C19H19N3O2S. The Morgan fingerprint density at radius 2 is 2.16 bits per heavy atom. The summed E-state index contributed by atoms with van der Waals surface area (Å²) in [5.41, 5.74) is 2.03. The minimum absolute atomic E-state index is 0.0969. The number of carbonyl (C=O) groups is 1. The largest absolute Gasteiger partial charge is 0.366 e. The fourth-order valence-electron chi connectivity index (χ4n) is 3.02. The first-order chi connectivity index (χ1) is 12.3. The lowest BCUT2D eigenvalue weighted by atomic mass is 10.2. The van der Waals surface area contributed by atoms with E-state index >= 15 is 0 Å². The van der Waals surface area contributed by atoms with Gasteiger partial charge in [-0.2, -0.15) is 4.37 Å². The predicted molar refractivity (Wildman–Crippen MR) is 99.7 cm³/mol. The van der Waals surface area contributed by atoms with Gasteiger partial charge in [0.1, 0.15) is 6.10 Å². The smallest absolute Gasteiger partial charge is 0.254 e. The number of nitrogens with zero attached hydrogens (tertiary/aromatic N) is 2. The molecule has 1 saturated heterocycles. The van der Waals surface area contributed by atoms with E-state index < -0.39 is 6.10 Å². The van der Waals surface area contributed by atoms with Crippen molar-refractivity contribution < 1.29 is 9.53 Å². The molecule has 1 amide bonds. The summed E-state index contributed by atoms with van der Waals surface area (Å²) in [6.07, 6.45) is 1.36. The molecule has 0 radical (unpaired) electrons. The lowest BCUT2D eigenvalue weighted by Gasteiger charge is -2.32. The molecule has 6 heteroatoms. The van der Waals surface area contributed by atoms with Crippen molar-refractivity contribution in [2.45, 2.75) is 12.6 Å². The second-order valence-corrected chi connectivity index (χ2v) is 6.98. The maximum Gasteiger partial charge on any atom is 0.254 e. The van der Waals surface area contributed by atoms with Gasteiger partial charge in [-0.3, -0.25) is 9.69 Å². The zero-order valence-electron chi connectivity index (χ0n) is 13.7. The van der Waals surface area contributed by atoms with Crippen LogP contribution in [0.15, 0.2) is 54.7 Å². The summed E-state index contributed by atoms with van der Waals surface area (Å²) in [6, 6.07) is 16.1. The van der Waals surface area contributed by atoms with Crippen LogP contribution in [0, 0.1) is 0 Å². The first kappa shape index (κ1) is 16.2. The average Bonchev–Trinajstić information content (AvgIpc) is 3.10. The topological polar surface area (TPSA) is 54.5 Å². The Kier molecular flexibility index (Phi) is 4.74. The van der Waals surface area contributed by atoms with Crippen LogP contribution in [0.3, 0.4) is 0 Å². The Hall–Kier alpha value is -2.28. The van der Waals surface area contributed by atoms with Crippen LogP contribution in [-0.2, 0) is 16.1 Å². The second kappa shape index (κ2) is 7.31. The number of rotatable bonds is 4. The van der Waals surface area contributed by atoms with Gasteiger partial charge in [0, 0.05) is 36.9 Å². The first-order valence-corrected chi connectivity index (χ1v) is 9.08. The van der Waals surface area contributed by atoms with Gasteiger partial charge in [0.2, 0.25) is 0 Å². The van der Waals surface area contributed by atoms with Crippen molar-refractivity contribution >= 4 is 33.2 Å². The summed E-state index contributed by atoms with van der Waals surface area (Å²) in [7, 11) is 0. The van der Waals surface area contributed by atoms with Gasteiger partial charge in [0.05, 0.1) is 11.3 Å². The molecule has 1 N–H and O–H groups in total. The number of anilines is 1. The number of amides is 1. The van der Waals surface area contributed by atoms with E-state index in [-0.39, 0.29) is 5.91 Å². The number of hydrogen-bond donors (Lipinski definition) is 1. The summed E-state index contributed by atoms with van der Waals surface area (Å²) >= 11 is 1.45. The van der Waals surface area contributed by atoms with E-state index in [1.807, 2.05) is 42.6 Å². The number of carbonyl (C=O) groups excluding carboxylic acids is 1. The zero-order chi connectivity index (χ0) is 17.1. The standard InChI is InChI=1S/C19H19N3O2S/c23-19(21-16-6-7-18-15(10-16)11-20-25-18)17-13-22(8-9-24-17)12-14-4-2-1-3-5-14/h1-7,10-11,17H,8-9,12-13H2,(H,21,23)/t17-/m1/s1. The van der Waals surface area contributed by atoms with Gasteiger partial charge in [-0.15, -0.1) is 0 Å². The van der Waals surface area contributed by atoms with Crippen LogP contribution in [-0.4, -0.2) is 41.0 Å². The molecule has 0 saturated carbocycles. The number of hydrogen-bond acceptors (Lipinski definition) is 5. The highest BCUT2D eigenvalue weighted by molar-refractivity contribution is 7.13. The van der Waals surface area contributed by atoms with Crippen molar-refractivity contribution in [3.8, 4) is 0 Å². The number of ether oxygens (including phenoxy) is 1. The van der Waals surface area contributed by atoms with Crippen molar-refractivity contribution in [3.05, 3.63) is 60.3 Å². The zero-order valence-corrected chi connectivity index (χ0v) is 14.5. The Morgan fingerprint density at radius 1 is 1.28 bits per heavy atom. The summed E-state index contributed by atoms with van der Waals surface area (Å²) in [5, 5.41) is 4.00. The van der Waals surface area contributed by atoms with Gasteiger partial charge < -0.3 is 10.1 Å². The van der Waals surface area contributed by atoms with E-state index in [0.29, 0.717) is 13.2 Å². The minimum Gasteiger partial charge on any atom is -0.366 e. The van der Waals surface area contributed by atoms with E-state index in [1.54, 1.807) is 0 Å². The third-order valence-electron chi connectivity index (χ3n) is 4.31. The first-order valence-electron chi connectivity index (χ1n) is 8.31. The Morgan fingerprint density at radius 3 is 3.04 bits per heavy atom. The number of nitrogens with one attached hydrogen (secondary N) is 1. The molecule has 5 nitrogen and oxygen atoms in total. The normalized spacial score (nSPS) is 18.3. The fraction of sp³-hybridized carbons (Fsp3) is 0.263. The van der Waals surface area contributed by atoms with Crippen LogP contribution < -0.4 is 5.32 Å². The number of fused-ring (bicyclic) bond motifs is 1. The van der Waals surface area contributed by atoms with Crippen molar-refractivity contribution in [2.24, 2.45) is 0 Å². The van der Waals surface area contributed by atoms with Crippen LogP contribution in [0.2, 0.25) is 0 Å².